The molecule has 0 unspecified atom stereocenters. The highest BCUT2D eigenvalue weighted by molar-refractivity contribution is 7.09. The molecule has 0 atom stereocenters. The van der Waals surface area contributed by atoms with Crippen molar-refractivity contribution in [2.45, 2.75) is 38.3 Å². The Balaban J connectivity index is 1.42. The first-order chi connectivity index (χ1) is 11.8. The fourth-order valence-electron chi connectivity index (χ4n) is 2.71. The van der Waals surface area contributed by atoms with Gasteiger partial charge in [0, 0.05) is 17.0 Å². The van der Waals surface area contributed by atoms with Crippen LogP contribution in [0, 0.1) is 0 Å². The maximum absolute atomic E-state index is 12.2. The quantitative estimate of drug-likeness (QED) is 0.747. The molecule has 1 N–H and O–H groups in total. The highest BCUT2D eigenvalue weighted by Gasteiger charge is 2.26. The number of amides is 1. The van der Waals surface area contributed by atoms with Gasteiger partial charge in [0.2, 0.25) is 11.8 Å². The molecule has 24 heavy (non-hydrogen) atoms. The number of hydrogen-bond donors (Lipinski definition) is 1. The van der Waals surface area contributed by atoms with Gasteiger partial charge in [-0.25, -0.2) is 0 Å². The summed E-state index contributed by atoms with van der Waals surface area (Å²) in [6.45, 7) is 0.786. The lowest BCUT2D eigenvalue weighted by atomic mass is 9.85. The molecule has 1 saturated carbocycles. The number of nitrogens with zero attached hydrogens (tertiary/aromatic N) is 3. The molecule has 0 saturated heterocycles. The summed E-state index contributed by atoms with van der Waals surface area (Å²) in [5, 5.41) is 13.2. The molecular formula is C17H18N4O2S. The van der Waals surface area contributed by atoms with Crippen LogP contribution in [0.3, 0.4) is 0 Å². The zero-order valence-electron chi connectivity index (χ0n) is 13.1. The van der Waals surface area contributed by atoms with Crippen molar-refractivity contribution < 1.29 is 9.21 Å². The first-order valence-corrected chi connectivity index (χ1v) is 8.95. The number of thiophene rings is 1. The highest BCUT2D eigenvalue weighted by Crippen LogP contribution is 2.36. The van der Waals surface area contributed by atoms with Crippen molar-refractivity contribution >= 4 is 17.2 Å². The maximum Gasteiger partial charge on any atom is 0.264 e. The van der Waals surface area contributed by atoms with Crippen LogP contribution < -0.4 is 5.32 Å². The molecule has 3 aromatic heterocycles. The Labute approximate surface area is 143 Å². The van der Waals surface area contributed by atoms with E-state index in [-0.39, 0.29) is 12.5 Å². The van der Waals surface area contributed by atoms with Gasteiger partial charge in [0.1, 0.15) is 12.2 Å². The molecule has 4 rings (SSSR count). The number of nitrogens with one attached hydrogen (secondary N) is 1. The van der Waals surface area contributed by atoms with Gasteiger partial charge in [-0.1, -0.05) is 12.5 Å². The Hall–Kier alpha value is -2.41. The SMILES string of the molecule is O=C(Cn1cccc1-c1nnc(C2CCC2)o1)NCc1cccs1. The fraction of sp³-hybridized carbons (Fsp3) is 0.353. The summed E-state index contributed by atoms with van der Waals surface area (Å²) >= 11 is 1.63. The Morgan fingerprint density at radius 1 is 1.33 bits per heavy atom. The van der Waals surface area contributed by atoms with Crippen LogP contribution in [0.25, 0.3) is 11.6 Å². The second-order valence-corrected chi connectivity index (χ2v) is 6.98. The highest BCUT2D eigenvalue weighted by atomic mass is 32.1. The van der Waals surface area contributed by atoms with Crippen LogP contribution in [-0.4, -0.2) is 20.7 Å². The minimum Gasteiger partial charge on any atom is -0.419 e. The van der Waals surface area contributed by atoms with E-state index >= 15 is 0 Å². The molecule has 1 fully saturated rings. The minimum absolute atomic E-state index is 0.0421. The number of carbonyl (C=O) groups excluding carboxylic acids is 1. The molecule has 6 nitrogen and oxygen atoms in total. The zero-order chi connectivity index (χ0) is 16.4. The molecule has 124 valence electrons. The van der Waals surface area contributed by atoms with Gasteiger partial charge in [-0.05, 0) is 36.4 Å². The van der Waals surface area contributed by atoms with Gasteiger partial charge >= 0.3 is 0 Å². The van der Waals surface area contributed by atoms with Crippen molar-refractivity contribution in [3.8, 4) is 11.6 Å². The monoisotopic (exact) mass is 342 g/mol. The average Bonchev–Trinajstić information content (AvgIpc) is 3.24. The van der Waals surface area contributed by atoms with E-state index in [0.717, 1.165) is 23.4 Å². The lowest BCUT2D eigenvalue weighted by Crippen LogP contribution is -2.26. The lowest BCUT2D eigenvalue weighted by molar-refractivity contribution is -0.121. The number of hydrogen-bond acceptors (Lipinski definition) is 5. The number of aromatic nitrogens is 3. The predicted molar refractivity (Wildman–Crippen MR) is 90.5 cm³/mol. The second-order valence-electron chi connectivity index (χ2n) is 5.95. The van der Waals surface area contributed by atoms with E-state index in [0.29, 0.717) is 24.2 Å². The smallest absolute Gasteiger partial charge is 0.264 e. The molecule has 1 aliphatic carbocycles. The standard InChI is InChI=1S/C17H18N4O2S/c22-15(18-10-13-6-3-9-24-13)11-21-8-2-7-14(21)17-20-19-16(23-17)12-4-1-5-12/h2-3,6-9,12H,1,4-5,10-11H2,(H,18,22). The summed E-state index contributed by atoms with van der Waals surface area (Å²) in [5.74, 6) is 1.56. The van der Waals surface area contributed by atoms with Crippen LogP contribution in [0.1, 0.15) is 35.9 Å². The third-order valence-corrected chi connectivity index (χ3v) is 5.17. The van der Waals surface area contributed by atoms with E-state index in [9.17, 15) is 4.79 Å². The van der Waals surface area contributed by atoms with Crippen LogP contribution in [0.15, 0.2) is 40.3 Å². The van der Waals surface area contributed by atoms with Crippen molar-refractivity contribution in [3.05, 3.63) is 46.6 Å². The molecule has 0 spiro atoms. The fourth-order valence-corrected chi connectivity index (χ4v) is 3.36. The molecule has 0 aliphatic heterocycles. The predicted octanol–water partition coefficient (Wildman–Crippen LogP) is 3.18. The van der Waals surface area contributed by atoms with Crippen LogP contribution in [0.4, 0.5) is 0 Å². The average molecular weight is 342 g/mol. The molecule has 7 heteroatoms. The van der Waals surface area contributed by atoms with Gasteiger partial charge in [0.25, 0.3) is 5.89 Å². The van der Waals surface area contributed by atoms with Crippen LogP contribution in [0.5, 0.6) is 0 Å². The Kier molecular flexibility index (Phi) is 4.17. The van der Waals surface area contributed by atoms with Gasteiger partial charge in [-0.15, -0.1) is 21.5 Å². The van der Waals surface area contributed by atoms with Crippen LogP contribution in [0.2, 0.25) is 0 Å². The molecule has 3 aromatic rings. The number of rotatable bonds is 6. The van der Waals surface area contributed by atoms with Gasteiger partial charge < -0.3 is 14.3 Å². The molecule has 0 radical (unpaired) electrons. The first kappa shape index (κ1) is 15.1. The lowest BCUT2D eigenvalue weighted by Gasteiger charge is -2.20. The van der Waals surface area contributed by atoms with Crippen molar-refractivity contribution in [1.29, 1.82) is 0 Å². The van der Waals surface area contributed by atoms with Crippen LogP contribution >= 0.6 is 11.3 Å². The zero-order valence-corrected chi connectivity index (χ0v) is 14.0. The second kappa shape index (κ2) is 6.60. The molecular weight excluding hydrogens is 324 g/mol. The maximum atomic E-state index is 12.2. The molecule has 1 aliphatic rings. The normalized spacial score (nSPS) is 14.5. The summed E-state index contributed by atoms with van der Waals surface area (Å²) in [6, 6.07) is 7.76. The largest absolute Gasteiger partial charge is 0.419 e. The minimum atomic E-state index is -0.0421. The Morgan fingerprint density at radius 2 is 2.25 bits per heavy atom. The summed E-state index contributed by atoms with van der Waals surface area (Å²) in [4.78, 5) is 13.3. The van der Waals surface area contributed by atoms with Crippen molar-refractivity contribution in [3.63, 3.8) is 0 Å². The van der Waals surface area contributed by atoms with E-state index in [1.165, 1.54) is 6.42 Å². The van der Waals surface area contributed by atoms with Crippen LogP contribution in [-0.2, 0) is 17.9 Å². The Morgan fingerprint density at radius 3 is 3.00 bits per heavy atom. The van der Waals surface area contributed by atoms with Gasteiger partial charge in [0.15, 0.2) is 0 Å². The molecule has 1 amide bonds. The van der Waals surface area contributed by atoms with Gasteiger partial charge in [-0.3, -0.25) is 4.79 Å². The van der Waals surface area contributed by atoms with E-state index < -0.39 is 0 Å². The summed E-state index contributed by atoms with van der Waals surface area (Å²) in [7, 11) is 0. The van der Waals surface area contributed by atoms with E-state index in [2.05, 4.69) is 15.5 Å². The van der Waals surface area contributed by atoms with Crippen molar-refractivity contribution in [1.82, 2.24) is 20.1 Å². The van der Waals surface area contributed by atoms with Crippen molar-refractivity contribution in [2.75, 3.05) is 0 Å². The molecule has 3 heterocycles. The first-order valence-electron chi connectivity index (χ1n) is 8.07. The third kappa shape index (κ3) is 3.12. The van der Waals surface area contributed by atoms with E-state index in [4.69, 9.17) is 4.42 Å². The van der Waals surface area contributed by atoms with Gasteiger partial charge in [0.05, 0.1) is 6.54 Å². The van der Waals surface area contributed by atoms with Gasteiger partial charge in [-0.2, -0.15) is 0 Å². The van der Waals surface area contributed by atoms with Crippen molar-refractivity contribution in [2.24, 2.45) is 0 Å². The summed E-state index contributed by atoms with van der Waals surface area (Å²) in [6.07, 6.45) is 5.32. The van der Waals surface area contributed by atoms with E-state index in [1.54, 1.807) is 11.3 Å². The Bertz CT molecular complexity index is 817. The molecule has 0 bridgehead atoms. The summed E-state index contributed by atoms with van der Waals surface area (Å²) in [5.41, 5.74) is 0.777. The number of carbonyl (C=O) groups is 1. The third-order valence-electron chi connectivity index (χ3n) is 4.30. The molecule has 0 aromatic carbocycles. The topological polar surface area (TPSA) is 73.0 Å². The van der Waals surface area contributed by atoms with E-state index in [1.807, 2.05) is 40.4 Å². The summed E-state index contributed by atoms with van der Waals surface area (Å²) < 4.78 is 7.64.